The van der Waals surface area contributed by atoms with Crippen molar-refractivity contribution >= 4 is 0 Å². The molecule has 0 aromatic heterocycles. The summed E-state index contributed by atoms with van der Waals surface area (Å²) in [5.41, 5.74) is 11.7. The summed E-state index contributed by atoms with van der Waals surface area (Å²) >= 11 is 0. The van der Waals surface area contributed by atoms with Crippen LogP contribution in [-0.4, -0.2) is 18.3 Å². The molecule has 0 heterocycles. The summed E-state index contributed by atoms with van der Waals surface area (Å²) in [4.78, 5) is 10.0. The molecular formula is C16H20N2O3. The van der Waals surface area contributed by atoms with Gasteiger partial charge < -0.3 is 10.8 Å². The molecule has 1 unspecified atom stereocenters. The minimum absolute atomic E-state index is 0.175. The Labute approximate surface area is 124 Å². The third-order valence-electron chi connectivity index (χ3n) is 3.11. The normalized spacial score (nSPS) is 15.4. The molecule has 2 atom stereocenters. The number of hydrogen-bond donors (Lipinski definition) is 3. The lowest BCUT2D eigenvalue weighted by atomic mass is 10.1. The van der Waals surface area contributed by atoms with E-state index < -0.39 is 5.72 Å². The molecule has 112 valence electrons. The molecule has 0 aliphatic rings. The molecule has 21 heavy (non-hydrogen) atoms. The topological polar surface area (TPSA) is 90.7 Å². The lowest BCUT2D eigenvalue weighted by molar-refractivity contribution is -0.320. The molecular weight excluding hydrogens is 268 g/mol. The minimum Gasteiger partial charge on any atom is -0.369 e. The molecule has 2 rings (SSSR count). The van der Waals surface area contributed by atoms with Crippen LogP contribution in [0.1, 0.15) is 17.2 Å². The fraction of sp³-hybridized carbons (Fsp3) is 0.250. The van der Waals surface area contributed by atoms with E-state index in [1.54, 1.807) is 24.3 Å². The maximum Gasteiger partial charge on any atom is 0.166 e. The average molecular weight is 288 g/mol. The van der Waals surface area contributed by atoms with Crippen molar-refractivity contribution in [3.63, 3.8) is 0 Å². The third-order valence-corrected chi connectivity index (χ3v) is 3.11. The molecule has 5 N–H and O–H groups in total. The van der Waals surface area contributed by atoms with E-state index >= 15 is 0 Å². The van der Waals surface area contributed by atoms with Gasteiger partial charge in [-0.05, 0) is 5.56 Å². The summed E-state index contributed by atoms with van der Waals surface area (Å²) < 4.78 is 0. The SMILES string of the molecule is N[C@H](COOCC(N)(O)c1ccccc1)c1ccccc1. The van der Waals surface area contributed by atoms with Crippen LogP contribution in [0.3, 0.4) is 0 Å². The quantitative estimate of drug-likeness (QED) is 0.310. The Morgan fingerprint density at radius 3 is 2.14 bits per heavy atom. The van der Waals surface area contributed by atoms with Gasteiger partial charge in [-0.1, -0.05) is 60.7 Å². The second-order valence-electron chi connectivity index (χ2n) is 4.85. The lowest BCUT2D eigenvalue weighted by Gasteiger charge is -2.23. The minimum atomic E-state index is -1.60. The molecule has 0 fully saturated rings. The van der Waals surface area contributed by atoms with E-state index in [-0.39, 0.29) is 19.3 Å². The van der Waals surface area contributed by atoms with Crippen molar-refractivity contribution in [3.05, 3.63) is 71.8 Å². The van der Waals surface area contributed by atoms with Gasteiger partial charge in [-0.2, -0.15) is 0 Å². The number of rotatable bonds is 7. The zero-order chi connectivity index (χ0) is 15.1. The number of nitrogens with two attached hydrogens (primary N) is 2. The van der Waals surface area contributed by atoms with Gasteiger partial charge in [-0.25, -0.2) is 9.78 Å². The highest BCUT2D eigenvalue weighted by Gasteiger charge is 2.24. The fourth-order valence-corrected chi connectivity index (χ4v) is 1.86. The van der Waals surface area contributed by atoms with Gasteiger partial charge in [-0.15, -0.1) is 0 Å². The zero-order valence-corrected chi connectivity index (χ0v) is 11.7. The molecule has 0 radical (unpaired) electrons. The van der Waals surface area contributed by atoms with Crippen molar-refractivity contribution in [2.45, 2.75) is 11.8 Å². The number of benzene rings is 2. The van der Waals surface area contributed by atoms with Gasteiger partial charge >= 0.3 is 0 Å². The summed E-state index contributed by atoms with van der Waals surface area (Å²) in [6.07, 6.45) is 0. The molecule has 5 nitrogen and oxygen atoms in total. The zero-order valence-electron chi connectivity index (χ0n) is 11.7. The second kappa shape index (κ2) is 7.31. The lowest BCUT2D eigenvalue weighted by Crippen LogP contribution is -2.41. The first-order valence-electron chi connectivity index (χ1n) is 6.71. The Morgan fingerprint density at radius 1 is 0.952 bits per heavy atom. The first-order valence-corrected chi connectivity index (χ1v) is 6.71. The van der Waals surface area contributed by atoms with Gasteiger partial charge in [0, 0.05) is 5.56 Å². The molecule has 0 amide bonds. The van der Waals surface area contributed by atoms with Crippen LogP contribution in [0.5, 0.6) is 0 Å². The van der Waals surface area contributed by atoms with E-state index in [1.807, 2.05) is 36.4 Å². The monoisotopic (exact) mass is 288 g/mol. The molecule has 2 aromatic carbocycles. The maximum absolute atomic E-state index is 10.1. The fourth-order valence-electron chi connectivity index (χ4n) is 1.86. The molecule has 0 aliphatic carbocycles. The summed E-state index contributed by atoms with van der Waals surface area (Å²) in [5, 5.41) is 10.1. The van der Waals surface area contributed by atoms with E-state index in [0.717, 1.165) is 5.56 Å². The Kier molecular flexibility index (Phi) is 5.44. The predicted molar refractivity (Wildman–Crippen MR) is 79.8 cm³/mol. The first kappa shape index (κ1) is 15.6. The van der Waals surface area contributed by atoms with Crippen LogP contribution in [0.15, 0.2) is 60.7 Å². The van der Waals surface area contributed by atoms with Crippen LogP contribution < -0.4 is 11.5 Å². The molecule has 0 saturated carbocycles. The van der Waals surface area contributed by atoms with E-state index in [2.05, 4.69) is 0 Å². The molecule has 0 saturated heterocycles. The van der Waals surface area contributed by atoms with Crippen molar-refractivity contribution in [1.29, 1.82) is 0 Å². The van der Waals surface area contributed by atoms with Crippen LogP contribution in [0, 0.1) is 0 Å². The second-order valence-corrected chi connectivity index (χ2v) is 4.85. The molecule has 0 bridgehead atoms. The van der Waals surface area contributed by atoms with Crippen molar-refractivity contribution in [1.82, 2.24) is 0 Å². The van der Waals surface area contributed by atoms with Crippen LogP contribution in [0.2, 0.25) is 0 Å². The molecule has 5 heteroatoms. The van der Waals surface area contributed by atoms with Gasteiger partial charge in [0.1, 0.15) is 13.2 Å². The average Bonchev–Trinajstić information content (AvgIpc) is 2.53. The highest BCUT2D eigenvalue weighted by molar-refractivity contribution is 5.21. The molecule has 0 aliphatic heterocycles. The number of aliphatic hydroxyl groups is 1. The maximum atomic E-state index is 10.1. The standard InChI is InChI=1S/C16H20N2O3/c17-15(13-7-3-1-4-8-13)11-20-21-12-16(18,19)14-9-5-2-6-10-14/h1-10,15,19H,11-12,17-18H2/t15-,16?/m1/s1. The highest BCUT2D eigenvalue weighted by Crippen LogP contribution is 2.15. The molecule has 2 aromatic rings. The van der Waals surface area contributed by atoms with Gasteiger partial charge in [0.05, 0.1) is 6.04 Å². The Bertz CT molecular complexity index is 532. The van der Waals surface area contributed by atoms with Crippen LogP contribution in [0.4, 0.5) is 0 Å². The third kappa shape index (κ3) is 4.63. The van der Waals surface area contributed by atoms with Gasteiger partial charge in [0.15, 0.2) is 5.72 Å². The van der Waals surface area contributed by atoms with E-state index in [1.165, 1.54) is 0 Å². The smallest absolute Gasteiger partial charge is 0.166 e. The van der Waals surface area contributed by atoms with Crippen molar-refractivity contribution in [2.75, 3.05) is 13.2 Å². The van der Waals surface area contributed by atoms with E-state index in [0.29, 0.717) is 5.56 Å². The van der Waals surface area contributed by atoms with E-state index in [9.17, 15) is 5.11 Å². The Balaban J connectivity index is 1.77. The van der Waals surface area contributed by atoms with Gasteiger partial charge in [-0.3, -0.25) is 5.73 Å². The summed E-state index contributed by atoms with van der Waals surface area (Å²) in [7, 11) is 0. The van der Waals surface area contributed by atoms with Crippen LogP contribution in [-0.2, 0) is 15.5 Å². The van der Waals surface area contributed by atoms with Gasteiger partial charge in [0.25, 0.3) is 0 Å². The Morgan fingerprint density at radius 2 is 1.52 bits per heavy atom. The van der Waals surface area contributed by atoms with Crippen LogP contribution >= 0.6 is 0 Å². The van der Waals surface area contributed by atoms with Crippen molar-refractivity contribution in [2.24, 2.45) is 11.5 Å². The Hall–Kier alpha value is -1.76. The molecule has 0 spiro atoms. The van der Waals surface area contributed by atoms with E-state index in [4.69, 9.17) is 21.2 Å². The van der Waals surface area contributed by atoms with Crippen LogP contribution in [0.25, 0.3) is 0 Å². The predicted octanol–water partition coefficient (Wildman–Crippen LogP) is 1.44. The summed E-state index contributed by atoms with van der Waals surface area (Å²) in [6.45, 7) is -0.00654. The largest absolute Gasteiger partial charge is 0.369 e. The first-order chi connectivity index (χ1) is 10.1. The van der Waals surface area contributed by atoms with Crippen molar-refractivity contribution < 1.29 is 14.9 Å². The highest BCUT2D eigenvalue weighted by atomic mass is 17.2. The number of hydrogen-bond acceptors (Lipinski definition) is 5. The summed E-state index contributed by atoms with van der Waals surface area (Å²) in [6, 6.07) is 18.1. The summed E-state index contributed by atoms with van der Waals surface area (Å²) in [5.74, 6) is 0. The van der Waals surface area contributed by atoms with Crippen molar-refractivity contribution in [3.8, 4) is 0 Å². The van der Waals surface area contributed by atoms with Gasteiger partial charge in [0.2, 0.25) is 0 Å².